The van der Waals surface area contributed by atoms with Gasteiger partial charge in [0, 0.05) is 80.8 Å². The molecule has 2 saturated heterocycles. The third-order valence-electron chi connectivity index (χ3n) is 7.88. The Morgan fingerprint density at radius 2 is 1.67 bits per heavy atom. The molecule has 3 heterocycles. The second-order valence-electron chi connectivity index (χ2n) is 12.0. The average Bonchev–Trinajstić information content (AvgIpc) is 3.04. The van der Waals surface area contributed by atoms with Crippen LogP contribution < -0.4 is 19.9 Å². The number of ether oxygens (including phenoxy) is 2. The molecule has 0 aliphatic carbocycles. The number of carbonyl (C=O) groups excluding carboxylic acids is 1. The van der Waals surface area contributed by atoms with Crippen molar-refractivity contribution in [3.63, 3.8) is 0 Å². The van der Waals surface area contributed by atoms with E-state index in [0.29, 0.717) is 17.9 Å². The number of hydrogen-bond acceptors (Lipinski definition) is 9. The van der Waals surface area contributed by atoms with Gasteiger partial charge in [-0.1, -0.05) is 44.7 Å². The Morgan fingerprint density at radius 3 is 2.37 bits per heavy atom. The van der Waals surface area contributed by atoms with Crippen LogP contribution in [-0.4, -0.2) is 93.5 Å². The number of morpholine rings is 1. The standard InChI is InChI=1S/C33H44N6O3S/c1-33(2,3)29-23-30(39-16-14-38(15-17-39)27-8-10-28(41-4)11-9-27)36-32(35-29)43-24-25-6-5-7-26(22-25)31(40)34-12-13-37-18-20-42-21-19-37/h5-11,22-23H,12-21,24H2,1-4H3,(H,34,40). The van der Waals surface area contributed by atoms with Gasteiger partial charge in [-0.2, -0.15) is 0 Å². The number of piperazine rings is 1. The highest BCUT2D eigenvalue weighted by Crippen LogP contribution is 2.30. The molecule has 5 rings (SSSR count). The number of hydrogen-bond donors (Lipinski definition) is 1. The molecule has 2 aliphatic heterocycles. The Labute approximate surface area is 260 Å². The Bertz CT molecular complexity index is 1350. The Hall–Kier alpha value is -3.34. The minimum atomic E-state index is -0.100. The summed E-state index contributed by atoms with van der Waals surface area (Å²) in [4.78, 5) is 29.9. The number of benzene rings is 2. The second-order valence-corrected chi connectivity index (χ2v) is 13.0. The third kappa shape index (κ3) is 8.61. The van der Waals surface area contributed by atoms with Crippen LogP contribution in [0.1, 0.15) is 42.4 Å². The number of methoxy groups -OCH3 is 1. The second kappa shape index (κ2) is 14.4. The molecule has 43 heavy (non-hydrogen) atoms. The van der Waals surface area contributed by atoms with Crippen LogP contribution in [0, 0.1) is 0 Å². The monoisotopic (exact) mass is 604 g/mol. The summed E-state index contributed by atoms with van der Waals surface area (Å²) in [6, 6.07) is 18.3. The predicted octanol–water partition coefficient (Wildman–Crippen LogP) is 4.46. The van der Waals surface area contributed by atoms with Gasteiger partial charge in [-0.3, -0.25) is 9.69 Å². The van der Waals surface area contributed by atoms with Gasteiger partial charge in [0.2, 0.25) is 0 Å². The van der Waals surface area contributed by atoms with E-state index in [4.69, 9.17) is 19.4 Å². The molecule has 0 atom stereocenters. The fraction of sp³-hybridized carbons (Fsp3) is 0.485. The number of nitrogens with one attached hydrogen (secondary N) is 1. The minimum absolute atomic E-state index is 0.0397. The zero-order chi connectivity index (χ0) is 30.2. The highest BCUT2D eigenvalue weighted by molar-refractivity contribution is 7.98. The van der Waals surface area contributed by atoms with Gasteiger partial charge in [0.15, 0.2) is 5.16 Å². The van der Waals surface area contributed by atoms with E-state index in [0.717, 1.165) is 87.0 Å². The van der Waals surface area contributed by atoms with Crippen LogP contribution in [0.3, 0.4) is 0 Å². The molecular formula is C33H44N6O3S. The van der Waals surface area contributed by atoms with Crippen LogP contribution in [0.15, 0.2) is 59.8 Å². The van der Waals surface area contributed by atoms with Crippen molar-refractivity contribution in [2.45, 2.75) is 37.1 Å². The van der Waals surface area contributed by atoms with Gasteiger partial charge < -0.3 is 24.6 Å². The SMILES string of the molecule is COc1ccc(N2CCN(c3cc(C(C)(C)C)nc(SCc4cccc(C(=O)NCCN5CCOCC5)c4)n3)CC2)cc1. The molecule has 3 aromatic rings. The van der Waals surface area contributed by atoms with Crippen molar-refractivity contribution in [1.82, 2.24) is 20.2 Å². The zero-order valence-corrected chi connectivity index (χ0v) is 26.7. The van der Waals surface area contributed by atoms with E-state index in [9.17, 15) is 4.79 Å². The van der Waals surface area contributed by atoms with Crippen molar-refractivity contribution >= 4 is 29.2 Å². The number of nitrogens with zero attached hydrogens (tertiary/aromatic N) is 5. The van der Waals surface area contributed by atoms with E-state index in [1.807, 2.05) is 30.3 Å². The Morgan fingerprint density at radius 1 is 0.953 bits per heavy atom. The number of aromatic nitrogens is 2. The molecule has 2 aromatic carbocycles. The van der Waals surface area contributed by atoms with Crippen molar-refractivity contribution in [2.75, 3.05) is 82.5 Å². The van der Waals surface area contributed by atoms with Crippen molar-refractivity contribution in [3.05, 3.63) is 71.4 Å². The van der Waals surface area contributed by atoms with E-state index in [2.05, 4.69) is 65.1 Å². The molecule has 2 fully saturated rings. The van der Waals surface area contributed by atoms with Gasteiger partial charge in [-0.15, -0.1) is 0 Å². The molecule has 0 radical (unpaired) electrons. The lowest BCUT2D eigenvalue weighted by atomic mass is 9.92. The average molecular weight is 605 g/mol. The van der Waals surface area contributed by atoms with Crippen LogP contribution in [0.5, 0.6) is 5.75 Å². The maximum absolute atomic E-state index is 12.8. The van der Waals surface area contributed by atoms with Crippen LogP contribution in [0.2, 0.25) is 0 Å². The van der Waals surface area contributed by atoms with Crippen LogP contribution in [0.25, 0.3) is 0 Å². The summed E-state index contributed by atoms with van der Waals surface area (Å²) < 4.78 is 10.7. The largest absolute Gasteiger partial charge is 0.497 e. The third-order valence-corrected chi connectivity index (χ3v) is 8.79. The topological polar surface area (TPSA) is 83.1 Å². The molecule has 10 heteroatoms. The van der Waals surface area contributed by atoms with Gasteiger partial charge in [0.25, 0.3) is 5.91 Å². The maximum Gasteiger partial charge on any atom is 0.251 e. The lowest BCUT2D eigenvalue weighted by molar-refractivity contribution is 0.0383. The smallest absolute Gasteiger partial charge is 0.251 e. The number of rotatable bonds is 10. The summed E-state index contributed by atoms with van der Waals surface area (Å²) in [5.41, 5.74) is 3.90. The van der Waals surface area contributed by atoms with E-state index in [1.54, 1.807) is 18.9 Å². The summed E-state index contributed by atoms with van der Waals surface area (Å²) in [6.07, 6.45) is 0. The molecule has 0 saturated carbocycles. The fourth-order valence-electron chi connectivity index (χ4n) is 5.22. The number of thioether (sulfide) groups is 1. The summed E-state index contributed by atoms with van der Waals surface area (Å²) >= 11 is 1.62. The number of amides is 1. The quantitative estimate of drug-likeness (QED) is 0.266. The molecule has 9 nitrogen and oxygen atoms in total. The molecule has 1 aromatic heterocycles. The van der Waals surface area contributed by atoms with Crippen LogP contribution in [-0.2, 0) is 15.9 Å². The van der Waals surface area contributed by atoms with Gasteiger partial charge in [0.1, 0.15) is 11.6 Å². The minimum Gasteiger partial charge on any atom is -0.497 e. The maximum atomic E-state index is 12.8. The van der Waals surface area contributed by atoms with Gasteiger partial charge in [-0.05, 0) is 42.0 Å². The fourth-order valence-corrected chi connectivity index (χ4v) is 6.01. The van der Waals surface area contributed by atoms with Gasteiger partial charge in [0.05, 0.1) is 26.0 Å². The van der Waals surface area contributed by atoms with Gasteiger partial charge >= 0.3 is 0 Å². The number of anilines is 2. The van der Waals surface area contributed by atoms with E-state index >= 15 is 0 Å². The molecule has 0 bridgehead atoms. The van der Waals surface area contributed by atoms with Crippen molar-refractivity contribution in [3.8, 4) is 5.75 Å². The lowest BCUT2D eigenvalue weighted by Gasteiger charge is -2.37. The first-order valence-corrected chi connectivity index (χ1v) is 16.1. The van der Waals surface area contributed by atoms with Crippen molar-refractivity contribution in [1.29, 1.82) is 0 Å². The molecule has 0 unspecified atom stereocenters. The highest BCUT2D eigenvalue weighted by Gasteiger charge is 2.23. The van der Waals surface area contributed by atoms with E-state index in [1.165, 1.54) is 5.69 Å². The first kappa shape index (κ1) is 31.1. The summed E-state index contributed by atoms with van der Waals surface area (Å²) in [5, 5.41) is 3.83. The summed E-state index contributed by atoms with van der Waals surface area (Å²) in [5.74, 6) is 2.50. The number of carbonyl (C=O) groups is 1. The molecule has 0 spiro atoms. The molecule has 230 valence electrons. The zero-order valence-electron chi connectivity index (χ0n) is 25.8. The Kier molecular flexibility index (Phi) is 10.4. The predicted molar refractivity (Wildman–Crippen MR) is 174 cm³/mol. The first-order valence-electron chi connectivity index (χ1n) is 15.1. The normalized spacial score (nSPS) is 16.3. The first-order chi connectivity index (χ1) is 20.8. The summed E-state index contributed by atoms with van der Waals surface area (Å²) in [7, 11) is 1.69. The highest BCUT2D eigenvalue weighted by atomic mass is 32.2. The van der Waals surface area contributed by atoms with Gasteiger partial charge in [-0.25, -0.2) is 9.97 Å². The Balaban J connectivity index is 1.20. The summed E-state index contributed by atoms with van der Waals surface area (Å²) in [6.45, 7) is 15.0. The van der Waals surface area contributed by atoms with E-state index < -0.39 is 0 Å². The molecule has 2 aliphatic rings. The van der Waals surface area contributed by atoms with Crippen LogP contribution in [0.4, 0.5) is 11.5 Å². The lowest BCUT2D eigenvalue weighted by Crippen LogP contribution is -2.47. The molecular weight excluding hydrogens is 560 g/mol. The molecule has 1 N–H and O–H groups in total. The van der Waals surface area contributed by atoms with Crippen molar-refractivity contribution in [2.24, 2.45) is 0 Å². The van der Waals surface area contributed by atoms with Crippen molar-refractivity contribution < 1.29 is 14.3 Å². The van der Waals surface area contributed by atoms with E-state index in [-0.39, 0.29) is 11.3 Å². The van der Waals surface area contributed by atoms with Crippen LogP contribution >= 0.6 is 11.8 Å². The molecule has 1 amide bonds.